The third kappa shape index (κ3) is 5.82. The number of hydrogen-bond acceptors (Lipinski definition) is 3. The van der Waals surface area contributed by atoms with Gasteiger partial charge in [-0.3, -0.25) is 4.98 Å². The van der Waals surface area contributed by atoms with Crippen molar-refractivity contribution >= 4 is 107 Å². The van der Waals surface area contributed by atoms with Gasteiger partial charge in [-0.2, -0.15) is 0 Å². The van der Waals surface area contributed by atoms with Crippen LogP contribution in [0.3, 0.4) is 0 Å². The van der Waals surface area contributed by atoms with E-state index in [-0.39, 0.29) is 10.8 Å². The van der Waals surface area contributed by atoms with Gasteiger partial charge < -0.3 is 9.13 Å². The first kappa shape index (κ1) is 39.3. The molecule has 3 nitrogen and oxygen atoms in total. The summed E-state index contributed by atoms with van der Waals surface area (Å²) in [5.41, 5.74) is 14.3. The first-order valence-electron chi connectivity index (χ1n) is 22.9. The van der Waals surface area contributed by atoms with E-state index in [1.165, 1.54) is 95.1 Å². The standard InChI is InChI=1S/C61H47N3S2/c1-60(2,3)46-32-50-56(58-54(46)44-23-9-13-27-52(44)65-58)42-21-7-11-25-48(42)63(50)40-19-15-17-36(30-40)38-29-39(35-62-34-38)37-18-16-20-41(31-37)64-49-26-12-8-22-43(49)57-51(64)33-47(61(4,5)6)55-45-24-10-14-28-53(45)66-59(55)57/h7-35H,1-6H3. The second-order valence-electron chi connectivity index (χ2n) is 20.0. The maximum absolute atomic E-state index is 4.90. The Morgan fingerprint density at radius 2 is 0.773 bits per heavy atom. The normalized spacial score (nSPS) is 12.7. The van der Waals surface area contributed by atoms with Gasteiger partial charge in [-0.1, -0.05) is 139 Å². The van der Waals surface area contributed by atoms with Crippen LogP contribution < -0.4 is 0 Å². The topological polar surface area (TPSA) is 22.8 Å². The molecule has 0 spiro atoms. The fourth-order valence-electron chi connectivity index (χ4n) is 10.8. The Balaban J connectivity index is 0.961. The lowest BCUT2D eigenvalue weighted by Gasteiger charge is -2.22. The summed E-state index contributed by atoms with van der Waals surface area (Å²) in [7, 11) is 0. The van der Waals surface area contributed by atoms with Crippen LogP contribution in [0.15, 0.2) is 176 Å². The smallest absolute Gasteiger partial charge is 0.0558 e. The summed E-state index contributed by atoms with van der Waals surface area (Å²) in [6.07, 6.45) is 4.02. The maximum Gasteiger partial charge on any atom is 0.0558 e. The number of hydrogen-bond donors (Lipinski definition) is 0. The predicted octanol–water partition coefficient (Wildman–Crippen LogP) is 17.9. The molecule has 0 unspecified atom stereocenters. The minimum Gasteiger partial charge on any atom is -0.309 e. The summed E-state index contributed by atoms with van der Waals surface area (Å²) in [5.74, 6) is 0. The molecule has 5 heteroatoms. The lowest BCUT2D eigenvalue weighted by molar-refractivity contribution is 0.596. The molecule has 0 aliphatic rings. The molecule has 13 aromatic rings. The summed E-state index contributed by atoms with van der Waals surface area (Å²) in [4.78, 5) is 4.90. The van der Waals surface area contributed by atoms with Crippen molar-refractivity contribution in [1.29, 1.82) is 0 Å². The van der Waals surface area contributed by atoms with Crippen LogP contribution in [0.5, 0.6) is 0 Å². The van der Waals surface area contributed by atoms with Gasteiger partial charge in [0.15, 0.2) is 0 Å². The molecular formula is C61H47N3S2. The highest BCUT2D eigenvalue weighted by Gasteiger charge is 2.27. The summed E-state index contributed by atoms with van der Waals surface area (Å²) in [6, 6.07) is 61.0. The van der Waals surface area contributed by atoms with Crippen LogP contribution in [-0.2, 0) is 10.8 Å². The van der Waals surface area contributed by atoms with Gasteiger partial charge in [-0.25, -0.2) is 0 Å². The van der Waals surface area contributed by atoms with E-state index in [0.717, 1.165) is 33.6 Å². The Bertz CT molecular complexity index is 3870. The summed E-state index contributed by atoms with van der Waals surface area (Å²) >= 11 is 3.85. The lowest BCUT2D eigenvalue weighted by atomic mass is 9.83. The van der Waals surface area contributed by atoms with E-state index in [1.807, 2.05) is 35.1 Å². The summed E-state index contributed by atoms with van der Waals surface area (Å²) < 4.78 is 10.4. The molecule has 0 aliphatic carbocycles. The van der Waals surface area contributed by atoms with Crippen molar-refractivity contribution in [2.45, 2.75) is 52.4 Å². The lowest BCUT2D eigenvalue weighted by Crippen LogP contribution is -2.11. The monoisotopic (exact) mass is 885 g/mol. The fraction of sp³-hybridized carbons (Fsp3) is 0.131. The van der Waals surface area contributed by atoms with Gasteiger partial charge in [-0.05, 0) is 99.8 Å². The number of nitrogens with zero attached hydrogens (tertiary/aromatic N) is 3. The SMILES string of the molecule is CC(C)(C)c1cc2c(c3ccccc3n2-c2cccc(-c3cncc(-c4cccc(-n5c6ccccc6c6c7sc8ccccc8c7c(C(C)(C)C)cc65)c4)c3)c2)c2sc3ccccc3c12. The van der Waals surface area contributed by atoms with Crippen LogP contribution in [0.1, 0.15) is 52.7 Å². The molecule has 0 bridgehead atoms. The van der Waals surface area contributed by atoms with Gasteiger partial charge in [0.25, 0.3) is 0 Å². The zero-order valence-electron chi connectivity index (χ0n) is 37.9. The Labute approximate surface area is 391 Å². The zero-order valence-corrected chi connectivity index (χ0v) is 39.5. The minimum absolute atomic E-state index is 0.0502. The zero-order chi connectivity index (χ0) is 44.6. The number of para-hydroxylation sites is 2. The molecule has 13 rings (SSSR count). The van der Waals surface area contributed by atoms with E-state index < -0.39 is 0 Å². The highest BCUT2D eigenvalue weighted by Crippen LogP contribution is 2.50. The van der Waals surface area contributed by atoms with Gasteiger partial charge in [0.05, 0.1) is 22.1 Å². The van der Waals surface area contributed by atoms with E-state index in [2.05, 4.69) is 214 Å². The highest BCUT2D eigenvalue weighted by molar-refractivity contribution is 7.27. The van der Waals surface area contributed by atoms with Crippen molar-refractivity contribution < 1.29 is 0 Å². The van der Waals surface area contributed by atoms with E-state index >= 15 is 0 Å². The van der Waals surface area contributed by atoms with Crippen LogP contribution in [0.4, 0.5) is 0 Å². The molecule has 66 heavy (non-hydrogen) atoms. The Hall–Kier alpha value is -7.05. The summed E-state index contributed by atoms with van der Waals surface area (Å²) in [6.45, 7) is 14.1. The Morgan fingerprint density at radius 1 is 0.364 bits per heavy atom. The highest BCUT2D eigenvalue weighted by atomic mass is 32.1. The van der Waals surface area contributed by atoms with Crippen molar-refractivity contribution in [2.24, 2.45) is 0 Å². The van der Waals surface area contributed by atoms with E-state index in [4.69, 9.17) is 4.98 Å². The number of rotatable bonds is 4. The van der Waals surface area contributed by atoms with Crippen LogP contribution in [0, 0.1) is 0 Å². The van der Waals surface area contributed by atoms with E-state index in [0.29, 0.717) is 0 Å². The first-order valence-corrected chi connectivity index (χ1v) is 24.6. The van der Waals surface area contributed by atoms with Gasteiger partial charge in [0.1, 0.15) is 0 Å². The average molecular weight is 886 g/mol. The third-order valence-corrected chi connectivity index (χ3v) is 16.2. The molecule has 0 N–H and O–H groups in total. The number of aromatic nitrogens is 3. The average Bonchev–Trinajstić information content (AvgIpc) is 4.08. The molecule has 5 heterocycles. The van der Waals surface area contributed by atoms with Gasteiger partial charge >= 0.3 is 0 Å². The van der Waals surface area contributed by atoms with E-state index in [1.54, 1.807) is 0 Å². The van der Waals surface area contributed by atoms with Crippen LogP contribution in [0.2, 0.25) is 0 Å². The number of thiophene rings is 2. The van der Waals surface area contributed by atoms with Crippen LogP contribution in [-0.4, -0.2) is 14.1 Å². The molecule has 5 aromatic heterocycles. The van der Waals surface area contributed by atoms with Crippen molar-refractivity contribution in [3.05, 3.63) is 187 Å². The largest absolute Gasteiger partial charge is 0.309 e. The van der Waals surface area contributed by atoms with E-state index in [9.17, 15) is 0 Å². The van der Waals surface area contributed by atoms with Crippen LogP contribution >= 0.6 is 22.7 Å². The minimum atomic E-state index is -0.0502. The van der Waals surface area contributed by atoms with Crippen LogP contribution in [0.25, 0.3) is 118 Å². The number of benzene rings is 8. The first-order chi connectivity index (χ1) is 32.0. The van der Waals surface area contributed by atoms with Gasteiger partial charge in [0, 0.05) is 96.8 Å². The number of pyridine rings is 1. The molecule has 0 saturated heterocycles. The number of fused-ring (bicyclic) bond motifs is 14. The molecule has 0 radical (unpaired) electrons. The Kier molecular flexibility index (Phi) is 8.48. The second-order valence-corrected chi connectivity index (χ2v) is 22.1. The molecule has 0 fully saturated rings. The molecule has 0 amide bonds. The van der Waals surface area contributed by atoms with Gasteiger partial charge in [-0.15, -0.1) is 22.7 Å². The van der Waals surface area contributed by atoms with Crippen molar-refractivity contribution in [1.82, 2.24) is 14.1 Å². The van der Waals surface area contributed by atoms with Gasteiger partial charge in [0.2, 0.25) is 0 Å². The molecule has 318 valence electrons. The maximum atomic E-state index is 4.90. The molecule has 0 aliphatic heterocycles. The third-order valence-electron chi connectivity index (χ3n) is 13.8. The van der Waals surface area contributed by atoms with Crippen molar-refractivity contribution in [2.75, 3.05) is 0 Å². The quantitative estimate of drug-likeness (QED) is 0.173. The second kappa shape index (κ2) is 14.2. The molecule has 0 atom stereocenters. The summed E-state index contributed by atoms with van der Waals surface area (Å²) in [5, 5.41) is 10.7. The Morgan fingerprint density at radius 3 is 1.21 bits per heavy atom. The molecule has 8 aromatic carbocycles. The molecular weight excluding hydrogens is 839 g/mol. The molecule has 0 saturated carbocycles. The fourth-order valence-corrected chi connectivity index (χ4v) is 13.4. The predicted molar refractivity (Wildman–Crippen MR) is 287 cm³/mol. The van der Waals surface area contributed by atoms with Crippen molar-refractivity contribution in [3.63, 3.8) is 0 Å². The van der Waals surface area contributed by atoms with Crippen molar-refractivity contribution in [3.8, 4) is 33.6 Å².